The molecule has 1 unspecified atom stereocenters. The molecule has 0 bridgehead atoms. The molecule has 1 aromatic carbocycles. The molecule has 2 N–H and O–H groups in total. The molecule has 0 aliphatic heterocycles. The highest BCUT2D eigenvalue weighted by atomic mass is 79.9. The van der Waals surface area contributed by atoms with Crippen LogP contribution in [-0.4, -0.2) is 15.5 Å². The summed E-state index contributed by atoms with van der Waals surface area (Å²) in [5, 5.41) is 0.551. The molecule has 2 heterocycles. The summed E-state index contributed by atoms with van der Waals surface area (Å²) in [7, 11) is 0. The highest BCUT2D eigenvalue weighted by Gasteiger charge is 2.23. The number of aryl methyl sites for hydroxylation is 2. The number of hydrogen-bond acceptors (Lipinski definition) is 4. The van der Waals surface area contributed by atoms with E-state index in [2.05, 4.69) is 20.9 Å². The minimum atomic E-state index is -0.739. The first kappa shape index (κ1) is 17.8. The number of rotatable bonds is 4. The lowest BCUT2D eigenvalue weighted by atomic mass is 10.0. The molecule has 0 spiro atoms. The summed E-state index contributed by atoms with van der Waals surface area (Å²) in [5.74, 6) is 0.0301. The van der Waals surface area contributed by atoms with Gasteiger partial charge in [-0.3, -0.25) is 14.2 Å². The van der Waals surface area contributed by atoms with E-state index >= 15 is 0 Å². The highest BCUT2D eigenvalue weighted by molar-refractivity contribution is 9.10. The van der Waals surface area contributed by atoms with Crippen molar-refractivity contribution in [1.29, 1.82) is 0 Å². The van der Waals surface area contributed by atoms with E-state index in [1.165, 1.54) is 15.9 Å². The van der Waals surface area contributed by atoms with Crippen LogP contribution in [0.25, 0.3) is 21.3 Å². The third-order valence-electron chi connectivity index (χ3n) is 4.26. The Bertz CT molecular complexity index is 1020. The molecule has 3 rings (SSSR count). The number of carbonyl (C=O) groups is 1. The van der Waals surface area contributed by atoms with Gasteiger partial charge < -0.3 is 5.73 Å². The number of fused-ring (bicyclic) bond motifs is 1. The van der Waals surface area contributed by atoms with Crippen LogP contribution in [0.1, 0.15) is 30.6 Å². The Balaban J connectivity index is 2.39. The fraction of sp³-hybridized carbons (Fsp3) is 0.278. The maximum Gasteiger partial charge on any atom is 0.263 e. The zero-order valence-corrected chi connectivity index (χ0v) is 16.6. The zero-order chi connectivity index (χ0) is 18.3. The molecule has 0 saturated carbocycles. The monoisotopic (exact) mass is 419 g/mol. The summed E-state index contributed by atoms with van der Waals surface area (Å²) in [4.78, 5) is 31.3. The average Bonchev–Trinajstić information content (AvgIpc) is 2.91. The lowest BCUT2D eigenvalue weighted by Gasteiger charge is -2.16. The van der Waals surface area contributed by atoms with Gasteiger partial charge in [0.25, 0.3) is 5.56 Å². The van der Waals surface area contributed by atoms with Crippen molar-refractivity contribution in [3.05, 3.63) is 49.8 Å². The van der Waals surface area contributed by atoms with Crippen LogP contribution in [0.3, 0.4) is 0 Å². The smallest absolute Gasteiger partial charge is 0.263 e. The van der Waals surface area contributed by atoms with Crippen molar-refractivity contribution in [2.45, 2.75) is 33.2 Å². The van der Waals surface area contributed by atoms with Crippen LogP contribution in [0, 0.1) is 6.92 Å². The molecule has 0 aliphatic rings. The molecule has 3 aromatic rings. The van der Waals surface area contributed by atoms with E-state index in [0.29, 0.717) is 22.5 Å². The number of nitrogens with two attached hydrogens (primary N) is 1. The molecule has 0 fully saturated rings. The second kappa shape index (κ2) is 6.72. The largest absolute Gasteiger partial charge is 0.368 e. The van der Waals surface area contributed by atoms with Crippen molar-refractivity contribution >= 4 is 43.4 Å². The number of nitrogens with zero attached hydrogens (tertiary/aromatic N) is 2. The van der Waals surface area contributed by atoms with Gasteiger partial charge in [-0.25, -0.2) is 4.98 Å². The Hall–Kier alpha value is -1.99. The number of benzene rings is 1. The minimum absolute atomic E-state index is 0.213. The average molecular weight is 420 g/mol. The molecular formula is C18H18BrN3O2S. The molecule has 25 heavy (non-hydrogen) atoms. The summed E-state index contributed by atoms with van der Waals surface area (Å²) < 4.78 is 2.40. The molecule has 0 saturated heterocycles. The van der Waals surface area contributed by atoms with E-state index in [9.17, 15) is 9.59 Å². The summed E-state index contributed by atoms with van der Waals surface area (Å²) in [5.41, 5.74) is 7.06. The first-order valence-corrected chi connectivity index (χ1v) is 9.55. The summed E-state index contributed by atoms with van der Waals surface area (Å²) >= 11 is 4.93. The number of carbonyl (C=O) groups excluding carboxylic acids is 1. The fourth-order valence-electron chi connectivity index (χ4n) is 2.96. The van der Waals surface area contributed by atoms with Crippen LogP contribution in [-0.2, 0) is 11.2 Å². The lowest BCUT2D eigenvalue weighted by Crippen LogP contribution is -2.34. The molecule has 2 aromatic heterocycles. The maximum absolute atomic E-state index is 13.2. The number of thiophene rings is 1. The Morgan fingerprint density at radius 1 is 1.36 bits per heavy atom. The van der Waals surface area contributed by atoms with Gasteiger partial charge in [0.1, 0.15) is 16.7 Å². The number of halogens is 1. The topological polar surface area (TPSA) is 78.0 Å². The molecule has 1 amide bonds. The second-order valence-corrected chi connectivity index (χ2v) is 7.97. The summed E-state index contributed by atoms with van der Waals surface area (Å²) in [6.07, 6.45) is 0.549. The zero-order valence-electron chi connectivity index (χ0n) is 14.2. The minimum Gasteiger partial charge on any atom is -0.368 e. The van der Waals surface area contributed by atoms with E-state index in [1.807, 2.05) is 38.1 Å². The van der Waals surface area contributed by atoms with Crippen LogP contribution < -0.4 is 11.3 Å². The summed E-state index contributed by atoms with van der Waals surface area (Å²) in [6.45, 7) is 5.53. The quantitative estimate of drug-likeness (QED) is 0.698. The van der Waals surface area contributed by atoms with Crippen molar-refractivity contribution in [2.24, 2.45) is 5.73 Å². The van der Waals surface area contributed by atoms with Crippen LogP contribution in [0.15, 0.2) is 33.5 Å². The lowest BCUT2D eigenvalue weighted by molar-refractivity contribution is -0.120. The van der Waals surface area contributed by atoms with Crippen molar-refractivity contribution in [3.63, 3.8) is 0 Å². The van der Waals surface area contributed by atoms with Crippen LogP contribution in [0.2, 0.25) is 0 Å². The third-order valence-corrected chi connectivity index (χ3v) is 5.78. The molecule has 0 radical (unpaired) electrons. The Labute approximate surface area is 157 Å². The maximum atomic E-state index is 13.2. The van der Waals surface area contributed by atoms with Gasteiger partial charge in [-0.1, -0.05) is 35.0 Å². The van der Waals surface area contributed by atoms with Crippen LogP contribution >= 0.6 is 27.3 Å². The molecule has 1 atom stereocenters. The van der Waals surface area contributed by atoms with E-state index in [-0.39, 0.29) is 5.56 Å². The highest BCUT2D eigenvalue weighted by Crippen LogP contribution is 2.36. The molecule has 5 nitrogen and oxygen atoms in total. The predicted octanol–water partition coefficient (Wildman–Crippen LogP) is 3.80. The van der Waals surface area contributed by atoms with Gasteiger partial charge >= 0.3 is 0 Å². The van der Waals surface area contributed by atoms with Gasteiger partial charge in [0.2, 0.25) is 5.91 Å². The van der Waals surface area contributed by atoms with Gasteiger partial charge in [-0.2, -0.15) is 0 Å². The Kier molecular flexibility index (Phi) is 4.79. The fourth-order valence-corrected chi connectivity index (χ4v) is 4.27. The van der Waals surface area contributed by atoms with Crippen LogP contribution in [0.5, 0.6) is 0 Å². The van der Waals surface area contributed by atoms with E-state index in [0.717, 1.165) is 20.5 Å². The number of hydrogen-bond donors (Lipinski definition) is 1. The summed E-state index contributed by atoms with van der Waals surface area (Å²) in [6, 6.07) is 7.08. The van der Waals surface area contributed by atoms with Crippen LogP contribution in [0.4, 0.5) is 0 Å². The van der Waals surface area contributed by atoms with E-state index < -0.39 is 11.9 Å². The van der Waals surface area contributed by atoms with Gasteiger partial charge in [0.05, 0.1) is 5.39 Å². The molecule has 7 heteroatoms. The first-order chi connectivity index (χ1) is 11.8. The number of primary amides is 1. The number of aromatic nitrogens is 2. The molecular weight excluding hydrogens is 402 g/mol. The molecule has 0 aliphatic carbocycles. The molecule has 130 valence electrons. The van der Waals surface area contributed by atoms with Gasteiger partial charge in [0.15, 0.2) is 0 Å². The second-order valence-electron chi connectivity index (χ2n) is 5.86. The van der Waals surface area contributed by atoms with Crippen molar-refractivity contribution in [2.75, 3.05) is 0 Å². The van der Waals surface area contributed by atoms with Crippen molar-refractivity contribution < 1.29 is 4.79 Å². The van der Waals surface area contributed by atoms with Crippen molar-refractivity contribution in [1.82, 2.24) is 9.55 Å². The SMILES string of the molecule is CCc1nc2sc(C)c(-c3ccc(Br)cc3)c2c(=O)n1C(C)C(N)=O. The van der Waals surface area contributed by atoms with Gasteiger partial charge in [0, 0.05) is 21.3 Å². The normalized spacial score (nSPS) is 12.5. The van der Waals surface area contributed by atoms with Gasteiger partial charge in [-0.15, -0.1) is 11.3 Å². The standard InChI is InChI=1S/C18H18BrN3O2S/c1-4-13-21-17-15(18(24)22(13)9(2)16(20)23)14(10(3)25-17)11-5-7-12(19)8-6-11/h5-9H,4H2,1-3H3,(H2,20,23). The van der Waals surface area contributed by atoms with E-state index in [1.54, 1.807) is 6.92 Å². The third kappa shape index (κ3) is 3.02. The van der Waals surface area contributed by atoms with Crippen molar-refractivity contribution in [3.8, 4) is 11.1 Å². The van der Waals surface area contributed by atoms with E-state index in [4.69, 9.17) is 5.73 Å². The van der Waals surface area contributed by atoms with Gasteiger partial charge in [-0.05, 0) is 31.5 Å². The number of amides is 1. The Morgan fingerprint density at radius 3 is 2.56 bits per heavy atom. The predicted molar refractivity (Wildman–Crippen MR) is 105 cm³/mol. The Morgan fingerprint density at radius 2 is 2.00 bits per heavy atom. The first-order valence-electron chi connectivity index (χ1n) is 7.94.